The van der Waals surface area contributed by atoms with Gasteiger partial charge in [0.15, 0.2) is 8.68 Å². The summed E-state index contributed by atoms with van der Waals surface area (Å²) >= 11 is 10.3. The molecule has 0 amide bonds. The molecule has 0 unspecified atom stereocenters. The number of halogens is 1. The van der Waals surface area contributed by atoms with Crippen molar-refractivity contribution in [3.63, 3.8) is 0 Å². The molecule has 1 N–H and O–H groups in total. The Balaban J connectivity index is 2.19. The summed E-state index contributed by atoms with van der Waals surface area (Å²) in [4.78, 5) is 11.7. The van der Waals surface area contributed by atoms with E-state index >= 15 is 0 Å². The van der Waals surface area contributed by atoms with Crippen molar-refractivity contribution >= 4 is 52.4 Å². The molecule has 1 aromatic heterocycles. The van der Waals surface area contributed by atoms with Gasteiger partial charge in [-0.1, -0.05) is 46.5 Å². The lowest BCUT2D eigenvalue weighted by atomic mass is 10.2. The highest BCUT2D eigenvalue weighted by Crippen LogP contribution is 2.34. The minimum atomic E-state index is -1.03. The summed E-state index contributed by atoms with van der Waals surface area (Å²) < 4.78 is 1.70. The summed E-state index contributed by atoms with van der Waals surface area (Å²) in [6.45, 7) is 0. The average molecular weight is 319 g/mol. The molecule has 0 fully saturated rings. The van der Waals surface area contributed by atoms with E-state index in [9.17, 15) is 4.79 Å². The van der Waals surface area contributed by atoms with E-state index in [4.69, 9.17) is 16.7 Å². The number of nitrogens with zero attached hydrogens (tertiary/aromatic N) is 2. The number of thioether (sulfide) groups is 1. The standard InChI is InChI=1S/C10H7ClN2O2S3/c1-16-9-12-13-10(18-9)17-5-2-3-6(8(14)15)7(11)4-5/h2-4H,1H3,(H,14,15). The fourth-order valence-corrected chi connectivity index (χ4v) is 3.93. The largest absolute Gasteiger partial charge is 0.478 e. The van der Waals surface area contributed by atoms with Crippen LogP contribution < -0.4 is 0 Å². The third kappa shape index (κ3) is 3.17. The zero-order valence-corrected chi connectivity index (χ0v) is 12.3. The van der Waals surface area contributed by atoms with E-state index in [1.165, 1.54) is 40.9 Å². The maximum absolute atomic E-state index is 10.8. The topological polar surface area (TPSA) is 63.1 Å². The summed E-state index contributed by atoms with van der Waals surface area (Å²) in [6.07, 6.45) is 1.94. The first kappa shape index (κ1) is 13.7. The number of hydrogen-bond donors (Lipinski definition) is 1. The van der Waals surface area contributed by atoms with Gasteiger partial charge in [-0.2, -0.15) is 0 Å². The highest BCUT2D eigenvalue weighted by atomic mass is 35.5. The second-order valence-electron chi connectivity index (χ2n) is 3.09. The first-order valence-corrected chi connectivity index (χ1v) is 7.92. The molecule has 0 saturated heterocycles. The third-order valence-corrected chi connectivity index (χ3v) is 5.19. The van der Waals surface area contributed by atoms with Gasteiger partial charge >= 0.3 is 5.97 Å². The van der Waals surface area contributed by atoms with Crippen LogP contribution in [0.4, 0.5) is 0 Å². The normalized spacial score (nSPS) is 10.6. The van der Waals surface area contributed by atoms with E-state index in [1.54, 1.807) is 12.1 Å². The number of aromatic carboxylic acids is 1. The lowest BCUT2D eigenvalue weighted by molar-refractivity contribution is 0.0697. The van der Waals surface area contributed by atoms with Crippen molar-refractivity contribution in [1.29, 1.82) is 0 Å². The van der Waals surface area contributed by atoms with Crippen LogP contribution in [-0.4, -0.2) is 27.5 Å². The van der Waals surface area contributed by atoms with Gasteiger partial charge in [0.05, 0.1) is 10.6 Å². The van der Waals surface area contributed by atoms with Crippen LogP contribution in [0, 0.1) is 0 Å². The molecule has 1 aromatic carbocycles. The molecule has 2 rings (SSSR count). The SMILES string of the molecule is CSc1nnc(Sc2ccc(C(=O)O)c(Cl)c2)s1. The minimum Gasteiger partial charge on any atom is -0.478 e. The van der Waals surface area contributed by atoms with Crippen molar-refractivity contribution in [2.45, 2.75) is 13.6 Å². The van der Waals surface area contributed by atoms with E-state index in [2.05, 4.69) is 10.2 Å². The van der Waals surface area contributed by atoms with E-state index in [0.29, 0.717) is 0 Å². The summed E-state index contributed by atoms with van der Waals surface area (Å²) in [6, 6.07) is 4.82. The fourth-order valence-electron chi connectivity index (χ4n) is 1.15. The molecule has 1 heterocycles. The van der Waals surface area contributed by atoms with Crippen LogP contribution in [0.1, 0.15) is 10.4 Å². The smallest absolute Gasteiger partial charge is 0.337 e. The predicted octanol–water partition coefficient (Wildman–Crippen LogP) is 3.76. The Morgan fingerprint density at radius 2 is 2.11 bits per heavy atom. The summed E-state index contributed by atoms with van der Waals surface area (Å²) in [5.74, 6) is -1.03. The number of benzene rings is 1. The van der Waals surface area contributed by atoms with E-state index in [1.807, 2.05) is 6.26 Å². The van der Waals surface area contributed by atoms with Crippen LogP contribution in [0.5, 0.6) is 0 Å². The van der Waals surface area contributed by atoms with Gasteiger partial charge < -0.3 is 5.11 Å². The number of aromatic nitrogens is 2. The first-order chi connectivity index (χ1) is 8.60. The zero-order chi connectivity index (χ0) is 13.1. The van der Waals surface area contributed by atoms with Crippen molar-refractivity contribution in [3.05, 3.63) is 28.8 Å². The Kier molecular flexibility index (Phi) is 4.50. The third-order valence-electron chi connectivity index (χ3n) is 1.94. The maximum atomic E-state index is 10.8. The number of rotatable bonds is 4. The van der Waals surface area contributed by atoms with Gasteiger partial charge in [0.2, 0.25) is 0 Å². The Morgan fingerprint density at radius 3 is 2.67 bits per heavy atom. The minimum absolute atomic E-state index is 0.100. The van der Waals surface area contributed by atoms with Crippen LogP contribution in [0.2, 0.25) is 5.02 Å². The Labute approximate surface area is 121 Å². The van der Waals surface area contributed by atoms with Crippen LogP contribution in [0.3, 0.4) is 0 Å². The van der Waals surface area contributed by atoms with Gasteiger partial charge in [0, 0.05) is 4.90 Å². The van der Waals surface area contributed by atoms with Gasteiger partial charge in [-0.25, -0.2) is 4.79 Å². The Morgan fingerprint density at radius 1 is 1.39 bits per heavy atom. The van der Waals surface area contributed by atoms with Crippen LogP contribution in [-0.2, 0) is 0 Å². The highest BCUT2D eigenvalue weighted by Gasteiger charge is 2.11. The Bertz CT molecular complexity index is 588. The van der Waals surface area contributed by atoms with Crippen LogP contribution in [0.25, 0.3) is 0 Å². The average Bonchev–Trinajstić information content (AvgIpc) is 2.76. The monoisotopic (exact) mass is 318 g/mol. The molecule has 18 heavy (non-hydrogen) atoms. The quantitative estimate of drug-likeness (QED) is 0.866. The number of carboxylic acids is 1. The summed E-state index contributed by atoms with van der Waals surface area (Å²) in [5.41, 5.74) is 0.100. The highest BCUT2D eigenvalue weighted by molar-refractivity contribution is 8.03. The van der Waals surface area contributed by atoms with Gasteiger partial charge in [-0.15, -0.1) is 10.2 Å². The molecule has 0 saturated carbocycles. The fraction of sp³-hybridized carbons (Fsp3) is 0.100. The summed E-state index contributed by atoms with van der Waals surface area (Å²) in [5, 5.41) is 17.1. The Hall–Kier alpha value is -0.760. The number of carbonyl (C=O) groups is 1. The van der Waals surface area contributed by atoms with Crippen molar-refractivity contribution in [2.75, 3.05) is 6.26 Å². The molecule has 0 radical (unpaired) electrons. The van der Waals surface area contributed by atoms with Gasteiger partial charge in [0.25, 0.3) is 0 Å². The van der Waals surface area contributed by atoms with Gasteiger partial charge in [0.1, 0.15) is 0 Å². The van der Waals surface area contributed by atoms with Crippen molar-refractivity contribution in [3.8, 4) is 0 Å². The van der Waals surface area contributed by atoms with E-state index in [-0.39, 0.29) is 10.6 Å². The second kappa shape index (κ2) is 5.92. The number of hydrogen-bond acceptors (Lipinski definition) is 6. The van der Waals surface area contributed by atoms with E-state index < -0.39 is 5.97 Å². The molecule has 0 aliphatic carbocycles. The molecular weight excluding hydrogens is 312 g/mol. The van der Waals surface area contributed by atoms with Crippen LogP contribution in [0.15, 0.2) is 31.8 Å². The molecule has 0 atom stereocenters. The van der Waals surface area contributed by atoms with E-state index in [0.717, 1.165) is 13.6 Å². The van der Waals surface area contributed by atoms with Gasteiger partial charge in [-0.05, 0) is 24.5 Å². The second-order valence-corrected chi connectivity index (χ2v) is 6.85. The molecule has 0 spiro atoms. The molecule has 8 heteroatoms. The first-order valence-electron chi connectivity index (χ1n) is 4.68. The van der Waals surface area contributed by atoms with Gasteiger partial charge in [-0.3, -0.25) is 0 Å². The zero-order valence-electron chi connectivity index (χ0n) is 9.08. The van der Waals surface area contributed by atoms with Crippen molar-refractivity contribution in [1.82, 2.24) is 10.2 Å². The lowest BCUT2D eigenvalue weighted by Crippen LogP contribution is -1.96. The molecule has 0 aliphatic rings. The molecule has 2 aromatic rings. The lowest BCUT2D eigenvalue weighted by Gasteiger charge is -2.01. The maximum Gasteiger partial charge on any atom is 0.337 e. The van der Waals surface area contributed by atoms with Crippen molar-refractivity contribution in [2.24, 2.45) is 0 Å². The summed E-state index contributed by atoms with van der Waals surface area (Å²) in [7, 11) is 0. The predicted molar refractivity (Wildman–Crippen MR) is 74.2 cm³/mol. The van der Waals surface area contributed by atoms with Crippen molar-refractivity contribution < 1.29 is 9.90 Å². The molecular formula is C10H7ClN2O2S3. The molecule has 0 aliphatic heterocycles. The molecule has 94 valence electrons. The van der Waals surface area contributed by atoms with Crippen LogP contribution >= 0.6 is 46.5 Å². The molecule has 4 nitrogen and oxygen atoms in total. The molecule has 0 bridgehead atoms. The number of carboxylic acid groups (broad SMARTS) is 1.